The van der Waals surface area contributed by atoms with Crippen LogP contribution in [0.25, 0.3) is 0 Å². The first-order chi connectivity index (χ1) is 9.41. The number of hydrogen-bond acceptors (Lipinski definition) is 2. The fourth-order valence-electron chi connectivity index (χ4n) is 1.91. The van der Waals surface area contributed by atoms with E-state index < -0.39 is 0 Å². The Morgan fingerprint density at radius 2 is 1.95 bits per heavy atom. The number of halogens is 1. The maximum absolute atomic E-state index is 13.4. The van der Waals surface area contributed by atoms with Crippen LogP contribution in [0, 0.1) is 5.82 Å². The maximum Gasteiger partial charge on any atom is 0.239 e. The first-order valence-electron chi connectivity index (χ1n) is 6.69. The molecule has 1 aromatic carbocycles. The van der Waals surface area contributed by atoms with Crippen molar-refractivity contribution in [3.8, 4) is 0 Å². The lowest BCUT2D eigenvalue weighted by Gasteiger charge is -2.24. The molecule has 4 nitrogen and oxygen atoms in total. The summed E-state index contributed by atoms with van der Waals surface area (Å²) in [6.45, 7) is 5.53. The minimum atomic E-state index is -0.269. The van der Waals surface area contributed by atoms with Gasteiger partial charge in [-0.1, -0.05) is 18.2 Å². The fourth-order valence-corrected chi connectivity index (χ4v) is 1.91. The summed E-state index contributed by atoms with van der Waals surface area (Å²) in [7, 11) is 0. The maximum atomic E-state index is 13.4. The van der Waals surface area contributed by atoms with Crippen molar-refractivity contribution in [2.24, 2.45) is 0 Å². The summed E-state index contributed by atoms with van der Waals surface area (Å²) < 4.78 is 13.4. The molecule has 0 saturated carbocycles. The van der Waals surface area contributed by atoms with Gasteiger partial charge in [0.15, 0.2) is 0 Å². The van der Waals surface area contributed by atoms with Gasteiger partial charge in [0.05, 0.1) is 6.54 Å². The molecule has 0 spiro atoms. The van der Waals surface area contributed by atoms with Crippen molar-refractivity contribution in [3.05, 3.63) is 35.6 Å². The van der Waals surface area contributed by atoms with Gasteiger partial charge in [0.1, 0.15) is 5.82 Å². The van der Waals surface area contributed by atoms with Gasteiger partial charge >= 0.3 is 0 Å². The van der Waals surface area contributed by atoms with Gasteiger partial charge in [0.25, 0.3) is 0 Å². The van der Waals surface area contributed by atoms with Crippen molar-refractivity contribution >= 4 is 11.8 Å². The van der Waals surface area contributed by atoms with E-state index in [1.54, 1.807) is 18.2 Å². The molecular weight excluding hydrogens is 259 g/mol. The Hall–Kier alpha value is -1.91. The van der Waals surface area contributed by atoms with Crippen LogP contribution in [0.2, 0.25) is 0 Å². The molecule has 0 saturated heterocycles. The summed E-state index contributed by atoms with van der Waals surface area (Å²) in [6.07, 6.45) is 0.431. The number of rotatable bonds is 6. The van der Waals surface area contributed by atoms with Crippen LogP contribution < -0.4 is 5.32 Å². The molecule has 0 heterocycles. The number of hydrogen-bond donors (Lipinski definition) is 1. The van der Waals surface area contributed by atoms with Crippen LogP contribution in [-0.2, 0) is 16.0 Å². The minimum absolute atomic E-state index is 0.0233. The Morgan fingerprint density at radius 3 is 2.50 bits per heavy atom. The molecule has 0 aliphatic heterocycles. The van der Waals surface area contributed by atoms with Gasteiger partial charge in [-0.25, -0.2) is 4.39 Å². The number of amides is 2. The Morgan fingerprint density at radius 1 is 1.30 bits per heavy atom. The van der Waals surface area contributed by atoms with Crippen LogP contribution in [-0.4, -0.2) is 35.8 Å². The zero-order chi connectivity index (χ0) is 15.1. The SMILES string of the molecule is CC(=O)N(CC(=O)NCCc1ccccc1F)C(C)C. The summed E-state index contributed by atoms with van der Waals surface area (Å²) >= 11 is 0. The molecule has 0 bridgehead atoms. The highest BCUT2D eigenvalue weighted by molar-refractivity contribution is 5.83. The molecule has 5 heteroatoms. The van der Waals surface area contributed by atoms with Crippen molar-refractivity contribution in [3.63, 3.8) is 0 Å². The second kappa shape index (κ2) is 7.62. The van der Waals surface area contributed by atoms with E-state index in [1.165, 1.54) is 17.9 Å². The normalized spacial score (nSPS) is 10.4. The summed E-state index contributed by atoms with van der Waals surface area (Å²) in [5, 5.41) is 2.70. The zero-order valence-electron chi connectivity index (χ0n) is 12.1. The van der Waals surface area contributed by atoms with Crippen molar-refractivity contribution < 1.29 is 14.0 Å². The summed E-state index contributed by atoms with van der Waals surface area (Å²) in [6, 6.07) is 6.46. The highest BCUT2D eigenvalue weighted by Crippen LogP contribution is 2.06. The summed E-state index contributed by atoms with van der Waals surface area (Å²) in [5.41, 5.74) is 0.570. The summed E-state index contributed by atoms with van der Waals surface area (Å²) in [4.78, 5) is 24.6. The van der Waals surface area contributed by atoms with Gasteiger partial charge in [-0.05, 0) is 31.9 Å². The van der Waals surface area contributed by atoms with E-state index in [2.05, 4.69) is 5.32 Å². The highest BCUT2D eigenvalue weighted by Gasteiger charge is 2.16. The van der Waals surface area contributed by atoms with E-state index in [4.69, 9.17) is 0 Å². The highest BCUT2D eigenvalue weighted by atomic mass is 19.1. The molecular formula is C15H21FN2O2. The first-order valence-corrected chi connectivity index (χ1v) is 6.69. The average Bonchev–Trinajstić information content (AvgIpc) is 2.37. The Labute approximate surface area is 119 Å². The quantitative estimate of drug-likeness (QED) is 0.863. The van der Waals surface area contributed by atoms with E-state index in [9.17, 15) is 14.0 Å². The van der Waals surface area contributed by atoms with Gasteiger partial charge in [0.2, 0.25) is 11.8 Å². The predicted octanol–water partition coefficient (Wildman–Crippen LogP) is 1.74. The van der Waals surface area contributed by atoms with Crippen molar-refractivity contribution in [1.82, 2.24) is 10.2 Å². The largest absolute Gasteiger partial charge is 0.354 e. The van der Waals surface area contributed by atoms with Crippen molar-refractivity contribution in [2.45, 2.75) is 33.2 Å². The van der Waals surface area contributed by atoms with Crippen LogP contribution in [0.15, 0.2) is 24.3 Å². The zero-order valence-corrected chi connectivity index (χ0v) is 12.1. The molecule has 0 atom stereocenters. The topological polar surface area (TPSA) is 49.4 Å². The third-order valence-corrected chi connectivity index (χ3v) is 3.02. The van der Waals surface area contributed by atoms with Gasteiger partial charge < -0.3 is 10.2 Å². The fraction of sp³-hybridized carbons (Fsp3) is 0.467. The average molecular weight is 280 g/mol. The molecule has 1 N–H and O–H groups in total. The van der Waals surface area contributed by atoms with Gasteiger partial charge in [0, 0.05) is 19.5 Å². The van der Waals surface area contributed by atoms with E-state index >= 15 is 0 Å². The minimum Gasteiger partial charge on any atom is -0.354 e. The van der Waals surface area contributed by atoms with Crippen LogP contribution in [0.5, 0.6) is 0 Å². The second-order valence-corrected chi connectivity index (χ2v) is 4.93. The molecule has 0 aliphatic rings. The molecule has 1 aromatic rings. The second-order valence-electron chi connectivity index (χ2n) is 4.93. The van der Waals surface area contributed by atoms with Gasteiger partial charge in [-0.15, -0.1) is 0 Å². The number of carbonyl (C=O) groups is 2. The molecule has 0 unspecified atom stereocenters. The molecule has 0 fully saturated rings. The lowest BCUT2D eigenvalue weighted by atomic mass is 10.1. The van der Waals surface area contributed by atoms with Crippen LogP contribution >= 0.6 is 0 Å². The van der Waals surface area contributed by atoms with E-state index in [1.807, 2.05) is 13.8 Å². The number of nitrogens with zero attached hydrogens (tertiary/aromatic N) is 1. The molecule has 0 aromatic heterocycles. The van der Waals surface area contributed by atoms with E-state index in [-0.39, 0.29) is 30.2 Å². The van der Waals surface area contributed by atoms with Crippen molar-refractivity contribution in [2.75, 3.05) is 13.1 Å². The number of carbonyl (C=O) groups excluding carboxylic acids is 2. The predicted molar refractivity (Wildman–Crippen MR) is 75.6 cm³/mol. The van der Waals surface area contributed by atoms with Crippen LogP contribution in [0.3, 0.4) is 0 Å². The number of benzene rings is 1. The Bertz CT molecular complexity index is 475. The van der Waals surface area contributed by atoms with Gasteiger partial charge in [-0.2, -0.15) is 0 Å². The number of nitrogens with one attached hydrogen (secondary N) is 1. The molecule has 0 radical (unpaired) electrons. The molecule has 20 heavy (non-hydrogen) atoms. The van der Waals surface area contributed by atoms with E-state index in [0.717, 1.165) is 0 Å². The molecule has 2 amide bonds. The molecule has 1 rings (SSSR count). The third kappa shape index (κ3) is 4.99. The van der Waals surface area contributed by atoms with Crippen LogP contribution in [0.1, 0.15) is 26.3 Å². The smallest absolute Gasteiger partial charge is 0.239 e. The van der Waals surface area contributed by atoms with Gasteiger partial charge in [-0.3, -0.25) is 9.59 Å². The van der Waals surface area contributed by atoms with E-state index in [0.29, 0.717) is 18.5 Å². The van der Waals surface area contributed by atoms with Crippen LogP contribution in [0.4, 0.5) is 4.39 Å². The Balaban J connectivity index is 2.40. The Kier molecular flexibility index (Phi) is 6.15. The molecule has 0 aliphatic carbocycles. The third-order valence-electron chi connectivity index (χ3n) is 3.02. The standard InChI is InChI=1S/C15H21FN2O2/c1-11(2)18(12(3)19)10-15(20)17-9-8-13-6-4-5-7-14(13)16/h4-7,11H,8-10H2,1-3H3,(H,17,20). The lowest BCUT2D eigenvalue weighted by Crippen LogP contribution is -2.43. The molecule has 110 valence electrons. The first kappa shape index (κ1) is 16.1. The van der Waals surface area contributed by atoms with Crippen molar-refractivity contribution in [1.29, 1.82) is 0 Å². The summed E-state index contributed by atoms with van der Waals surface area (Å²) in [5.74, 6) is -0.635. The monoisotopic (exact) mass is 280 g/mol. The lowest BCUT2D eigenvalue weighted by molar-refractivity contribution is -0.135.